The smallest absolute Gasteiger partial charge is 0.407 e. The minimum atomic E-state index is -2.75. The second-order valence-electron chi connectivity index (χ2n) is 9.93. The number of rotatable bonds is 10. The third-order valence-electron chi connectivity index (χ3n) is 6.82. The lowest BCUT2D eigenvalue weighted by Gasteiger charge is -2.30. The molecule has 13 heteroatoms. The fraction of sp³-hybridized carbons (Fsp3) is 0.654. The maximum atomic E-state index is 12.9. The first-order valence-electron chi connectivity index (χ1n) is 13.4. The zero-order valence-corrected chi connectivity index (χ0v) is 22.9. The Morgan fingerprint density at radius 1 is 1.26 bits per heavy atom. The van der Waals surface area contributed by atoms with Gasteiger partial charge in [-0.2, -0.15) is 0 Å². The summed E-state index contributed by atoms with van der Waals surface area (Å²) < 4.78 is 38.2. The van der Waals surface area contributed by atoms with Crippen molar-refractivity contribution < 1.29 is 38.3 Å². The van der Waals surface area contributed by atoms with E-state index in [0.29, 0.717) is 41.4 Å². The molecule has 2 fully saturated rings. The molecule has 2 saturated carbocycles. The van der Waals surface area contributed by atoms with Gasteiger partial charge in [0.05, 0.1) is 48.7 Å². The molecule has 2 aromatic heterocycles. The lowest BCUT2D eigenvalue weighted by atomic mass is 9.87. The molecule has 3 atom stereocenters. The van der Waals surface area contributed by atoms with Crippen molar-refractivity contribution in [3.8, 4) is 17.1 Å². The molecule has 11 nitrogen and oxygen atoms in total. The average molecular weight is 553 g/mol. The van der Waals surface area contributed by atoms with E-state index in [9.17, 15) is 23.5 Å². The zero-order chi connectivity index (χ0) is 28.6. The van der Waals surface area contributed by atoms with Crippen molar-refractivity contribution in [2.45, 2.75) is 71.4 Å². The number of halogens is 2. The van der Waals surface area contributed by atoms with Crippen LogP contribution in [0.1, 0.15) is 57.3 Å². The average Bonchev–Trinajstić information content (AvgIpc) is 3.35. The van der Waals surface area contributed by atoms with Gasteiger partial charge in [0.1, 0.15) is 18.1 Å². The summed E-state index contributed by atoms with van der Waals surface area (Å²) in [5.41, 5.74) is 2.11. The number of aromatic nitrogens is 4. The maximum absolute atomic E-state index is 12.9. The number of pyridine rings is 1. The normalized spacial score (nSPS) is 21.3. The van der Waals surface area contributed by atoms with E-state index in [2.05, 4.69) is 39.8 Å². The van der Waals surface area contributed by atoms with Crippen LogP contribution in [0.2, 0.25) is 0 Å². The molecule has 0 radical (unpaired) electrons. The number of nitrogens with two attached hydrogens (primary N) is 1. The second kappa shape index (κ2) is 13.6. The predicted molar refractivity (Wildman–Crippen MR) is 135 cm³/mol. The number of quaternary nitrogens is 1. The Kier molecular flexibility index (Phi) is 10.6. The van der Waals surface area contributed by atoms with Gasteiger partial charge in [-0.05, 0) is 58.6 Å². The highest BCUT2D eigenvalue weighted by atomic mass is 19.3. The molecule has 0 unspecified atom stereocenters. The van der Waals surface area contributed by atoms with Crippen molar-refractivity contribution in [1.29, 1.82) is 0 Å². The van der Waals surface area contributed by atoms with Crippen LogP contribution < -0.4 is 20.5 Å². The van der Waals surface area contributed by atoms with Gasteiger partial charge < -0.3 is 30.0 Å². The number of amides is 1. The van der Waals surface area contributed by atoms with Crippen LogP contribution in [0.15, 0.2) is 12.1 Å². The molecule has 1 amide bonds. The van der Waals surface area contributed by atoms with Gasteiger partial charge in [-0.25, -0.2) is 23.2 Å². The van der Waals surface area contributed by atoms with Gasteiger partial charge in [-0.1, -0.05) is 5.21 Å². The van der Waals surface area contributed by atoms with E-state index in [1.807, 2.05) is 0 Å². The van der Waals surface area contributed by atoms with E-state index >= 15 is 0 Å². The van der Waals surface area contributed by atoms with Crippen molar-refractivity contribution in [3.05, 3.63) is 23.5 Å². The number of carbonyl (C=O) groups is 2. The summed E-state index contributed by atoms with van der Waals surface area (Å²) >= 11 is 0. The third kappa shape index (κ3) is 8.57. The molecule has 2 heterocycles. The lowest BCUT2D eigenvalue weighted by Crippen LogP contribution is -2.82. The van der Waals surface area contributed by atoms with Crippen LogP contribution in [0.5, 0.6) is 5.75 Å². The summed E-state index contributed by atoms with van der Waals surface area (Å²) in [6, 6.07) is 3.46. The van der Waals surface area contributed by atoms with E-state index < -0.39 is 29.8 Å². The minimum absolute atomic E-state index is 0.0182. The molecule has 2 aromatic rings. The summed E-state index contributed by atoms with van der Waals surface area (Å²) in [5, 5.41) is 24.1. The molecule has 3 N–H and O–H groups in total. The molecule has 2 aliphatic rings. The number of hydrogen-bond donors (Lipinski definition) is 2. The van der Waals surface area contributed by atoms with Crippen molar-refractivity contribution in [2.75, 3.05) is 19.7 Å². The summed E-state index contributed by atoms with van der Waals surface area (Å²) in [6.07, 6.45) is 1.24. The second-order valence-corrected chi connectivity index (χ2v) is 9.93. The number of alkyl halides is 2. The van der Waals surface area contributed by atoms with Crippen LogP contribution in [0.4, 0.5) is 13.6 Å². The third-order valence-corrected chi connectivity index (χ3v) is 6.82. The fourth-order valence-corrected chi connectivity index (χ4v) is 4.35. The van der Waals surface area contributed by atoms with E-state index in [4.69, 9.17) is 9.47 Å². The Bertz CT molecular complexity index is 1130. The topological polar surface area (TPSA) is 148 Å². The first-order valence-corrected chi connectivity index (χ1v) is 13.4. The minimum Gasteiger partial charge on any atom is -0.550 e. The number of alkyl carbamates (subject to hydrolysis) is 1. The molecule has 0 aliphatic heterocycles. The highest BCUT2D eigenvalue weighted by molar-refractivity contribution is 5.68. The van der Waals surface area contributed by atoms with E-state index in [0.717, 1.165) is 12.8 Å². The summed E-state index contributed by atoms with van der Waals surface area (Å²) in [6.45, 7) is 8.21. The fourth-order valence-electron chi connectivity index (χ4n) is 4.35. The number of nitrogens with one attached hydrogen (secondary N) is 1. The van der Waals surface area contributed by atoms with E-state index in [1.165, 1.54) is 17.8 Å². The highest BCUT2D eigenvalue weighted by Crippen LogP contribution is 2.48. The van der Waals surface area contributed by atoms with Crippen molar-refractivity contribution in [1.82, 2.24) is 25.3 Å². The quantitative estimate of drug-likeness (QED) is 0.449. The Morgan fingerprint density at radius 2 is 1.97 bits per heavy atom. The maximum Gasteiger partial charge on any atom is 0.407 e. The molecule has 39 heavy (non-hydrogen) atoms. The van der Waals surface area contributed by atoms with Crippen LogP contribution in [0.3, 0.4) is 0 Å². The van der Waals surface area contributed by atoms with Crippen LogP contribution in [0.25, 0.3) is 11.4 Å². The molecule has 0 aromatic carbocycles. The molecular weight excluding hydrogens is 514 g/mol. The first-order chi connectivity index (χ1) is 18.6. The predicted octanol–water partition coefficient (Wildman–Crippen LogP) is 1.34. The summed E-state index contributed by atoms with van der Waals surface area (Å²) in [7, 11) is 1.66. The van der Waals surface area contributed by atoms with Crippen molar-refractivity contribution in [3.63, 3.8) is 0 Å². The number of carboxylic acids is 1. The number of aliphatic carboxylic acids is 1. The van der Waals surface area contributed by atoms with Crippen LogP contribution in [0, 0.1) is 18.8 Å². The molecule has 0 spiro atoms. The summed E-state index contributed by atoms with van der Waals surface area (Å²) in [4.78, 5) is 27.6. The van der Waals surface area contributed by atoms with E-state index in [-0.39, 0.29) is 25.7 Å². The first kappa shape index (κ1) is 30.2. The Labute approximate surface area is 226 Å². The number of carboxylic acid groups (broad SMARTS) is 1. The van der Waals surface area contributed by atoms with Crippen LogP contribution >= 0.6 is 0 Å². The molecule has 4 rings (SSSR count). The largest absolute Gasteiger partial charge is 0.550 e. The molecule has 216 valence electrons. The molecule has 2 aliphatic carbocycles. The number of nitrogens with zero attached hydrogens (tertiary/aromatic N) is 4. The number of aryl methyl sites for hydroxylation is 2. The van der Waals surface area contributed by atoms with Gasteiger partial charge in [-0.15, -0.1) is 5.10 Å². The van der Waals surface area contributed by atoms with Crippen LogP contribution in [-0.4, -0.2) is 63.8 Å². The van der Waals surface area contributed by atoms with Crippen LogP contribution in [-0.2, 0) is 23.1 Å². The SMILES string of the molecule is CC[NH2+]CC.Cc1nc(-c2nnn(C)c2CNC(=O)OC[C@@H]2CC2(F)F)ccc1O[C@H]1CCC[C@H](C(=O)[O-])C1. The van der Waals surface area contributed by atoms with E-state index in [1.54, 1.807) is 26.1 Å². The Morgan fingerprint density at radius 3 is 2.56 bits per heavy atom. The van der Waals surface area contributed by atoms with Gasteiger partial charge in [-0.3, -0.25) is 0 Å². The number of hydrogen-bond acceptors (Lipinski definition) is 8. The van der Waals surface area contributed by atoms with Gasteiger partial charge in [0.25, 0.3) is 5.92 Å². The van der Waals surface area contributed by atoms with Gasteiger partial charge in [0.15, 0.2) is 0 Å². The Balaban J connectivity index is 0.000000771. The van der Waals surface area contributed by atoms with Gasteiger partial charge in [0.2, 0.25) is 0 Å². The lowest BCUT2D eigenvalue weighted by molar-refractivity contribution is -0.648. The molecular formula is C26H38F2N6O5. The summed E-state index contributed by atoms with van der Waals surface area (Å²) in [5.74, 6) is -4.66. The number of carbonyl (C=O) groups excluding carboxylic acids is 2. The highest BCUT2D eigenvalue weighted by Gasteiger charge is 2.57. The Hall–Kier alpha value is -3.35. The van der Waals surface area contributed by atoms with Crippen molar-refractivity contribution >= 4 is 12.1 Å². The van der Waals surface area contributed by atoms with Crippen molar-refractivity contribution in [2.24, 2.45) is 18.9 Å². The monoisotopic (exact) mass is 552 g/mol. The number of ether oxygens (including phenoxy) is 2. The molecule has 0 bridgehead atoms. The van der Waals surface area contributed by atoms with Gasteiger partial charge in [0, 0.05) is 25.4 Å². The van der Waals surface area contributed by atoms with Gasteiger partial charge >= 0.3 is 6.09 Å². The zero-order valence-electron chi connectivity index (χ0n) is 22.9. The standard InChI is InChI=1S/C22H27F2N5O5.C4H11N/c1-12-18(34-15-5-3-4-13(8-15)20(30)31)7-6-16(26-12)19-17(29(2)28-27-19)10-25-21(32)33-11-14-9-22(14,23)24;1-3-5-4-2/h6-7,13-15H,3-5,8-11H2,1-2H3,(H,25,32)(H,30,31);5H,3-4H2,1-2H3/t13-,14-,15-;/m0./s1. The molecule has 0 saturated heterocycles.